The monoisotopic (exact) mass is 680 g/mol. The van der Waals surface area contributed by atoms with Crippen molar-refractivity contribution in [2.75, 3.05) is 0 Å². The molecule has 0 bridgehead atoms. The van der Waals surface area contributed by atoms with E-state index >= 15 is 0 Å². The molecule has 0 aromatic heterocycles. The van der Waals surface area contributed by atoms with E-state index in [2.05, 4.69) is 206 Å². The zero-order chi connectivity index (χ0) is 37.6. The Kier molecular flexibility index (Phi) is 10.2. The van der Waals surface area contributed by atoms with Crippen molar-refractivity contribution < 1.29 is 9.47 Å². The molecule has 2 heteroatoms. The average Bonchev–Trinajstić information content (AvgIpc) is 3.05. The van der Waals surface area contributed by atoms with Crippen molar-refractivity contribution in [1.29, 1.82) is 0 Å². The number of benzene rings is 5. The minimum absolute atomic E-state index is 0.0319. The molecule has 0 N–H and O–H groups in total. The minimum atomic E-state index is -0.452. The van der Waals surface area contributed by atoms with Crippen LogP contribution in [0.1, 0.15) is 135 Å². The van der Waals surface area contributed by atoms with Crippen LogP contribution in [0.4, 0.5) is 0 Å². The molecule has 5 aromatic carbocycles. The molecule has 0 aliphatic carbocycles. The highest BCUT2D eigenvalue weighted by atomic mass is 16.5. The predicted molar refractivity (Wildman–Crippen MR) is 217 cm³/mol. The summed E-state index contributed by atoms with van der Waals surface area (Å²) in [6, 6.07) is 39.5. The van der Waals surface area contributed by atoms with Crippen LogP contribution >= 0.6 is 0 Å². The molecule has 0 unspecified atom stereocenters. The number of hydrogen-bond acceptors (Lipinski definition) is 2. The lowest BCUT2D eigenvalue weighted by molar-refractivity contribution is 0.395. The van der Waals surface area contributed by atoms with E-state index in [1.807, 2.05) is 0 Å². The fraction of sp³-hybridized carbons (Fsp3) is 0.388. The van der Waals surface area contributed by atoms with E-state index in [4.69, 9.17) is 9.47 Å². The van der Waals surface area contributed by atoms with Crippen LogP contribution in [-0.4, -0.2) is 0 Å². The summed E-state index contributed by atoms with van der Waals surface area (Å²) in [5.41, 5.74) is 8.65. The Morgan fingerprint density at radius 3 is 1.14 bits per heavy atom. The second-order valence-electron chi connectivity index (χ2n) is 18.5. The van der Waals surface area contributed by atoms with Gasteiger partial charge in [-0.15, -0.1) is 0 Å². The molecular weight excluding hydrogens is 621 g/mol. The lowest BCUT2D eigenvalue weighted by Gasteiger charge is -2.34. The standard InChI is InChI=1S/C49H60O2/c1-33-38(49(14,34-21-17-15-18-22-34)35-23-19-16-20-24-35)29-30-41(50-42-31-36(45(2,3)4)25-27-39(42)47(8,9)10)44(33)51-43-32-37(46(5,6)7)26-28-40(43)48(11,12)13/h15-32H,1-14H3. The van der Waals surface area contributed by atoms with Gasteiger partial charge in [0.05, 0.1) is 0 Å². The third-order valence-corrected chi connectivity index (χ3v) is 10.4. The molecule has 5 aromatic rings. The summed E-state index contributed by atoms with van der Waals surface area (Å²) >= 11 is 0. The Hall–Kier alpha value is -4.30. The van der Waals surface area contributed by atoms with Gasteiger partial charge in [0.2, 0.25) is 0 Å². The highest BCUT2D eigenvalue weighted by molar-refractivity contribution is 5.62. The van der Waals surface area contributed by atoms with E-state index in [0.717, 1.165) is 33.9 Å². The van der Waals surface area contributed by atoms with Gasteiger partial charge in [-0.3, -0.25) is 0 Å². The summed E-state index contributed by atoms with van der Waals surface area (Å²) in [5.74, 6) is 3.17. The van der Waals surface area contributed by atoms with Crippen LogP contribution in [0.15, 0.2) is 109 Å². The molecule has 0 atom stereocenters. The van der Waals surface area contributed by atoms with Crippen LogP contribution in [0.2, 0.25) is 0 Å². The largest absolute Gasteiger partial charge is 0.453 e. The molecule has 0 amide bonds. The second-order valence-corrected chi connectivity index (χ2v) is 18.5. The first-order valence-electron chi connectivity index (χ1n) is 18.5. The van der Waals surface area contributed by atoms with Crippen molar-refractivity contribution in [2.24, 2.45) is 0 Å². The fourth-order valence-corrected chi connectivity index (χ4v) is 7.05. The van der Waals surface area contributed by atoms with E-state index in [1.54, 1.807) is 0 Å². The maximum atomic E-state index is 7.31. The summed E-state index contributed by atoms with van der Waals surface area (Å²) in [6.45, 7) is 31.5. The minimum Gasteiger partial charge on any atom is -0.453 e. The second kappa shape index (κ2) is 13.7. The molecule has 0 saturated heterocycles. The molecule has 0 aliphatic heterocycles. The predicted octanol–water partition coefficient (Wildman–Crippen LogP) is 14.1. The first-order valence-corrected chi connectivity index (χ1v) is 18.5. The number of hydrogen-bond donors (Lipinski definition) is 0. The van der Waals surface area contributed by atoms with Gasteiger partial charge in [-0.05, 0) is 81.5 Å². The maximum Gasteiger partial charge on any atom is 0.173 e. The van der Waals surface area contributed by atoms with Crippen LogP contribution in [0.5, 0.6) is 23.0 Å². The average molecular weight is 681 g/mol. The lowest BCUT2D eigenvalue weighted by atomic mass is 9.69. The van der Waals surface area contributed by atoms with E-state index in [-0.39, 0.29) is 21.7 Å². The van der Waals surface area contributed by atoms with E-state index < -0.39 is 5.41 Å². The zero-order valence-electron chi connectivity index (χ0n) is 33.7. The van der Waals surface area contributed by atoms with Crippen molar-refractivity contribution in [3.63, 3.8) is 0 Å². The van der Waals surface area contributed by atoms with Crippen LogP contribution < -0.4 is 9.47 Å². The van der Waals surface area contributed by atoms with E-state index in [9.17, 15) is 0 Å². The van der Waals surface area contributed by atoms with Crippen LogP contribution in [0.25, 0.3) is 0 Å². The molecule has 2 nitrogen and oxygen atoms in total. The summed E-state index contributed by atoms with van der Waals surface area (Å²) in [5, 5.41) is 0. The van der Waals surface area contributed by atoms with Crippen molar-refractivity contribution in [3.8, 4) is 23.0 Å². The van der Waals surface area contributed by atoms with Crippen molar-refractivity contribution >= 4 is 0 Å². The van der Waals surface area contributed by atoms with Crippen molar-refractivity contribution in [1.82, 2.24) is 0 Å². The van der Waals surface area contributed by atoms with Crippen LogP contribution in [0.3, 0.4) is 0 Å². The SMILES string of the molecule is Cc1c(C(C)(c2ccccc2)c2ccccc2)ccc(Oc2cc(C(C)(C)C)ccc2C(C)(C)C)c1Oc1cc(C(C)(C)C)ccc1C(C)(C)C. The molecule has 0 fully saturated rings. The van der Waals surface area contributed by atoms with Gasteiger partial charge in [-0.25, -0.2) is 0 Å². The molecule has 268 valence electrons. The van der Waals surface area contributed by atoms with E-state index in [1.165, 1.54) is 27.8 Å². The molecule has 0 saturated carbocycles. The van der Waals surface area contributed by atoms with Gasteiger partial charge in [0, 0.05) is 22.1 Å². The van der Waals surface area contributed by atoms with Crippen molar-refractivity contribution in [3.05, 3.63) is 154 Å². The summed E-state index contributed by atoms with van der Waals surface area (Å²) in [6.07, 6.45) is 0. The smallest absolute Gasteiger partial charge is 0.173 e. The molecule has 0 heterocycles. The fourth-order valence-electron chi connectivity index (χ4n) is 7.05. The zero-order valence-corrected chi connectivity index (χ0v) is 33.7. The van der Waals surface area contributed by atoms with Gasteiger partial charge >= 0.3 is 0 Å². The van der Waals surface area contributed by atoms with E-state index in [0.29, 0.717) is 5.75 Å². The molecular formula is C49H60O2. The Morgan fingerprint density at radius 2 is 0.745 bits per heavy atom. The first kappa shape index (κ1) is 37.9. The Bertz CT molecular complexity index is 1930. The molecule has 51 heavy (non-hydrogen) atoms. The van der Waals surface area contributed by atoms with Crippen molar-refractivity contribution in [2.45, 2.75) is 124 Å². The molecule has 5 rings (SSSR count). The van der Waals surface area contributed by atoms with Gasteiger partial charge < -0.3 is 9.47 Å². The molecule has 0 radical (unpaired) electrons. The Morgan fingerprint density at radius 1 is 0.353 bits per heavy atom. The van der Waals surface area contributed by atoms with Gasteiger partial charge in [0.15, 0.2) is 11.5 Å². The Labute approximate surface area is 309 Å². The van der Waals surface area contributed by atoms with Gasteiger partial charge in [0.1, 0.15) is 11.5 Å². The number of rotatable bonds is 7. The highest BCUT2D eigenvalue weighted by Gasteiger charge is 2.35. The third-order valence-electron chi connectivity index (χ3n) is 10.4. The Balaban J connectivity index is 1.83. The summed E-state index contributed by atoms with van der Waals surface area (Å²) in [7, 11) is 0. The number of ether oxygens (including phenoxy) is 2. The van der Waals surface area contributed by atoms with Gasteiger partial charge in [-0.1, -0.05) is 174 Å². The quantitative estimate of drug-likeness (QED) is 0.159. The topological polar surface area (TPSA) is 18.5 Å². The lowest BCUT2D eigenvalue weighted by Crippen LogP contribution is -2.26. The van der Waals surface area contributed by atoms with Gasteiger partial charge in [-0.2, -0.15) is 0 Å². The summed E-state index contributed by atoms with van der Waals surface area (Å²) < 4.78 is 14.4. The summed E-state index contributed by atoms with van der Waals surface area (Å²) in [4.78, 5) is 0. The van der Waals surface area contributed by atoms with Crippen LogP contribution in [0, 0.1) is 6.92 Å². The molecule has 0 spiro atoms. The van der Waals surface area contributed by atoms with Crippen LogP contribution in [-0.2, 0) is 27.1 Å². The maximum absolute atomic E-state index is 7.31. The first-order chi connectivity index (χ1) is 23.6. The normalized spacial score (nSPS) is 12.9. The highest BCUT2D eigenvalue weighted by Crippen LogP contribution is 2.49. The van der Waals surface area contributed by atoms with Gasteiger partial charge in [0.25, 0.3) is 0 Å². The third kappa shape index (κ3) is 7.96. The molecule has 0 aliphatic rings.